The van der Waals surface area contributed by atoms with E-state index in [1.54, 1.807) is 7.11 Å². The van der Waals surface area contributed by atoms with Crippen LogP contribution >= 0.6 is 12.4 Å². The first-order chi connectivity index (χ1) is 10.2. The second kappa shape index (κ2) is 7.53. The van der Waals surface area contributed by atoms with Crippen LogP contribution in [0, 0.1) is 5.41 Å². The molecule has 1 unspecified atom stereocenters. The highest BCUT2D eigenvalue weighted by atomic mass is 35.5. The third-order valence-electron chi connectivity index (χ3n) is 4.78. The van der Waals surface area contributed by atoms with Crippen LogP contribution < -0.4 is 14.8 Å². The third kappa shape index (κ3) is 3.67. The summed E-state index contributed by atoms with van der Waals surface area (Å²) in [5.41, 5.74) is 1.84. The second-order valence-electron chi connectivity index (χ2n) is 6.31. The van der Waals surface area contributed by atoms with Crippen molar-refractivity contribution in [1.82, 2.24) is 10.2 Å². The van der Waals surface area contributed by atoms with E-state index in [0.717, 1.165) is 18.0 Å². The summed E-state index contributed by atoms with van der Waals surface area (Å²) in [4.78, 5) is 2.57. The molecule has 0 aromatic heterocycles. The molecule has 0 amide bonds. The van der Waals surface area contributed by atoms with Gasteiger partial charge in [0.05, 0.1) is 13.7 Å². The van der Waals surface area contributed by atoms with E-state index in [0.29, 0.717) is 12.0 Å². The minimum atomic E-state index is 0. The Labute approximate surface area is 139 Å². The molecule has 2 aliphatic rings. The van der Waals surface area contributed by atoms with Crippen molar-refractivity contribution in [2.24, 2.45) is 5.41 Å². The quantitative estimate of drug-likeness (QED) is 0.902. The standard InChI is InChI=1S/C17H26N2O2.ClH/c1-3-21-15-5-4-14(10-16(15)20-2)11-19-9-7-17(13-19)6-8-18-12-17;/h4-5,10,18H,3,6-9,11-13H2,1-2H3;1H. The van der Waals surface area contributed by atoms with E-state index in [1.807, 2.05) is 13.0 Å². The Bertz CT molecular complexity index is 490. The number of nitrogens with one attached hydrogen (secondary N) is 1. The Morgan fingerprint density at radius 3 is 2.82 bits per heavy atom. The number of benzene rings is 1. The van der Waals surface area contributed by atoms with Crippen LogP contribution in [0.5, 0.6) is 11.5 Å². The van der Waals surface area contributed by atoms with E-state index in [9.17, 15) is 0 Å². The summed E-state index contributed by atoms with van der Waals surface area (Å²) in [6.45, 7) is 8.46. The number of halogens is 1. The van der Waals surface area contributed by atoms with Gasteiger partial charge in [-0.2, -0.15) is 0 Å². The largest absolute Gasteiger partial charge is 0.493 e. The zero-order valence-electron chi connectivity index (χ0n) is 13.6. The van der Waals surface area contributed by atoms with Gasteiger partial charge in [0, 0.05) is 19.6 Å². The first-order valence-electron chi connectivity index (χ1n) is 7.97. The Morgan fingerprint density at radius 1 is 1.27 bits per heavy atom. The van der Waals surface area contributed by atoms with Crippen LogP contribution in [0.15, 0.2) is 18.2 Å². The van der Waals surface area contributed by atoms with Crippen LogP contribution in [0.1, 0.15) is 25.3 Å². The normalized spacial score (nSPS) is 24.5. The Morgan fingerprint density at radius 2 is 2.14 bits per heavy atom. The number of rotatable bonds is 5. The Balaban J connectivity index is 0.00000176. The second-order valence-corrected chi connectivity index (χ2v) is 6.31. The summed E-state index contributed by atoms with van der Waals surface area (Å²) >= 11 is 0. The number of nitrogens with zero attached hydrogens (tertiary/aromatic N) is 1. The van der Waals surface area contributed by atoms with Crippen molar-refractivity contribution >= 4 is 12.4 Å². The molecule has 1 aromatic rings. The van der Waals surface area contributed by atoms with Gasteiger partial charge in [-0.25, -0.2) is 0 Å². The molecular formula is C17H27ClN2O2. The molecule has 2 fully saturated rings. The molecule has 22 heavy (non-hydrogen) atoms. The zero-order valence-corrected chi connectivity index (χ0v) is 14.4. The Hall–Kier alpha value is -0.970. The first-order valence-corrected chi connectivity index (χ1v) is 7.97. The number of ether oxygens (including phenoxy) is 2. The van der Waals surface area contributed by atoms with Gasteiger partial charge < -0.3 is 14.8 Å². The van der Waals surface area contributed by atoms with Crippen molar-refractivity contribution in [3.63, 3.8) is 0 Å². The molecular weight excluding hydrogens is 300 g/mol. The van der Waals surface area contributed by atoms with Crippen LogP contribution in [0.4, 0.5) is 0 Å². The van der Waals surface area contributed by atoms with E-state index < -0.39 is 0 Å². The highest BCUT2D eigenvalue weighted by molar-refractivity contribution is 5.85. The lowest BCUT2D eigenvalue weighted by molar-refractivity contribution is 0.267. The third-order valence-corrected chi connectivity index (χ3v) is 4.78. The molecule has 3 rings (SSSR count). The van der Waals surface area contributed by atoms with Gasteiger partial charge in [-0.15, -0.1) is 12.4 Å². The van der Waals surface area contributed by atoms with Crippen LogP contribution in [0.2, 0.25) is 0 Å². The van der Waals surface area contributed by atoms with Crippen molar-refractivity contribution < 1.29 is 9.47 Å². The molecule has 124 valence electrons. The molecule has 1 N–H and O–H groups in total. The maximum Gasteiger partial charge on any atom is 0.161 e. The number of hydrogen-bond donors (Lipinski definition) is 1. The minimum Gasteiger partial charge on any atom is -0.493 e. The number of methoxy groups -OCH3 is 1. The summed E-state index contributed by atoms with van der Waals surface area (Å²) in [5.74, 6) is 1.67. The van der Waals surface area contributed by atoms with Gasteiger partial charge in [-0.05, 0) is 56.0 Å². The van der Waals surface area contributed by atoms with Crippen molar-refractivity contribution in [2.45, 2.75) is 26.3 Å². The lowest BCUT2D eigenvalue weighted by atomic mass is 9.86. The maximum atomic E-state index is 5.58. The molecule has 1 aromatic carbocycles. The lowest BCUT2D eigenvalue weighted by Gasteiger charge is -2.23. The highest BCUT2D eigenvalue weighted by Crippen LogP contribution is 2.37. The lowest BCUT2D eigenvalue weighted by Crippen LogP contribution is -2.28. The van der Waals surface area contributed by atoms with Gasteiger partial charge in [-0.1, -0.05) is 6.07 Å². The fraction of sp³-hybridized carbons (Fsp3) is 0.647. The van der Waals surface area contributed by atoms with E-state index in [4.69, 9.17) is 9.47 Å². The monoisotopic (exact) mass is 326 g/mol. The van der Waals surface area contributed by atoms with E-state index in [2.05, 4.69) is 22.3 Å². The molecule has 0 bridgehead atoms. The van der Waals surface area contributed by atoms with Gasteiger partial charge >= 0.3 is 0 Å². The molecule has 2 saturated heterocycles. The topological polar surface area (TPSA) is 33.7 Å². The smallest absolute Gasteiger partial charge is 0.161 e. The minimum absolute atomic E-state index is 0. The van der Waals surface area contributed by atoms with Gasteiger partial charge in [0.25, 0.3) is 0 Å². The molecule has 4 nitrogen and oxygen atoms in total. The summed E-state index contributed by atoms with van der Waals surface area (Å²) in [7, 11) is 1.71. The average Bonchev–Trinajstić information content (AvgIpc) is 3.11. The summed E-state index contributed by atoms with van der Waals surface area (Å²) < 4.78 is 11.0. The summed E-state index contributed by atoms with van der Waals surface area (Å²) in [6, 6.07) is 6.30. The molecule has 0 radical (unpaired) electrons. The van der Waals surface area contributed by atoms with Crippen LogP contribution in [0.3, 0.4) is 0 Å². The fourth-order valence-corrected chi connectivity index (χ4v) is 3.65. The number of likely N-dealkylation sites (tertiary alicyclic amines) is 1. The van der Waals surface area contributed by atoms with E-state index in [1.165, 1.54) is 44.6 Å². The van der Waals surface area contributed by atoms with Crippen LogP contribution in [-0.4, -0.2) is 44.8 Å². The number of hydrogen-bond acceptors (Lipinski definition) is 4. The summed E-state index contributed by atoms with van der Waals surface area (Å²) in [6.07, 6.45) is 2.66. The van der Waals surface area contributed by atoms with Gasteiger partial charge in [0.1, 0.15) is 0 Å². The van der Waals surface area contributed by atoms with E-state index in [-0.39, 0.29) is 12.4 Å². The predicted octanol–water partition coefficient (Wildman–Crippen LogP) is 2.70. The average molecular weight is 327 g/mol. The molecule has 2 heterocycles. The molecule has 2 aliphatic heterocycles. The van der Waals surface area contributed by atoms with Crippen molar-refractivity contribution in [3.05, 3.63) is 23.8 Å². The molecule has 5 heteroatoms. The first kappa shape index (κ1) is 17.4. The molecule has 0 saturated carbocycles. The van der Waals surface area contributed by atoms with Crippen LogP contribution in [0.25, 0.3) is 0 Å². The highest BCUT2D eigenvalue weighted by Gasteiger charge is 2.40. The van der Waals surface area contributed by atoms with Gasteiger partial charge in [0.2, 0.25) is 0 Å². The predicted molar refractivity (Wildman–Crippen MR) is 91.2 cm³/mol. The van der Waals surface area contributed by atoms with E-state index >= 15 is 0 Å². The zero-order chi connectivity index (χ0) is 14.7. The molecule has 0 aliphatic carbocycles. The van der Waals surface area contributed by atoms with Gasteiger partial charge in [0.15, 0.2) is 11.5 Å². The molecule has 1 atom stereocenters. The van der Waals surface area contributed by atoms with Crippen molar-refractivity contribution in [1.29, 1.82) is 0 Å². The van der Waals surface area contributed by atoms with Crippen molar-refractivity contribution in [2.75, 3.05) is 39.9 Å². The Kier molecular flexibility index (Phi) is 5.95. The fourth-order valence-electron chi connectivity index (χ4n) is 3.65. The van der Waals surface area contributed by atoms with Crippen LogP contribution in [-0.2, 0) is 6.54 Å². The van der Waals surface area contributed by atoms with Crippen molar-refractivity contribution in [3.8, 4) is 11.5 Å². The summed E-state index contributed by atoms with van der Waals surface area (Å²) in [5, 5.41) is 3.52. The maximum absolute atomic E-state index is 5.58. The molecule has 1 spiro atoms. The van der Waals surface area contributed by atoms with Gasteiger partial charge in [-0.3, -0.25) is 4.90 Å². The SMILES string of the molecule is CCOc1ccc(CN2CCC3(CCNC3)C2)cc1OC.Cl.